The lowest BCUT2D eigenvalue weighted by atomic mass is 9.77. The van der Waals surface area contributed by atoms with Gasteiger partial charge in [-0.2, -0.15) is 4.98 Å². The van der Waals surface area contributed by atoms with Gasteiger partial charge in [-0.15, -0.1) is 0 Å². The fourth-order valence-electron chi connectivity index (χ4n) is 2.54. The van der Waals surface area contributed by atoms with Gasteiger partial charge >= 0.3 is 0 Å². The van der Waals surface area contributed by atoms with Gasteiger partial charge in [0.2, 0.25) is 0 Å². The van der Waals surface area contributed by atoms with Gasteiger partial charge < -0.3 is 14.8 Å². The van der Waals surface area contributed by atoms with Crippen LogP contribution in [-0.2, 0) is 5.54 Å². The normalized spacial score (nSPS) is 27.6. The first-order chi connectivity index (χ1) is 9.08. The Morgan fingerprint density at radius 3 is 2.68 bits per heavy atom. The summed E-state index contributed by atoms with van der Waals surface area (Å²) in [5.74, 6) is 2.41. The summed E-state index contributed by atoms with van der Waals surface area (Å²) >= 11 is 0. The fourth-order valence-corrected chi connectivity index (χ4v) is 2.54. The standard InChI is InChI=1S/C13H18N4O2/c1-8-3-5-13(14,6-4-8)12-16-11(19-17-12)10-7-15-18-9(10)2/h7-8H,3-6,14H2,1-2H3. The van der Waals surface area contributed by atoms with E-state index in [0.29, 0.717) is 17.5 Å². The van der Waals surface area contributed by atoms with Crippen LogP contribution in [0.2, 0.25) is 0 Å². The Kier molecular flexibility index (Phi) is 2.89. The number of hydrogen-bond acceptors (Lipinski definition) is 6. The molecule has 3 rings (SSSR count). The van der Waals surface area contributed by atoms with Crippen LogP contribution < -0.4 is 5.73 Å². The summed E-state index contributed by atoms with van der Waals surface area (Å²) in [7, 11) is 0. The Morgan fingerprint density at radius 2 is 2.05 bits per heavy atom. The van der Waals surface area contributed by atoms with Crippen molar-refractivity contribution in [2.45, 2.75) is 45.1 Å². The first-order valence-corrected chi connectivity index (χ1v) is 6.63. The first kappa shape index (κ1) is 12.3. The second kappa shape index (κ2) is 4.45. The topological polar surface area (TPSA) is 91.0 Å². The molecule has 0 atom stereocenters. The van der Waals surface area contributed by atoms with Crippen molar-refractivity contribution in [3.05, 3.63) is 17.8 Å². The predicted octanol–water partition coefficient (Wildman–Crippen LogP) is 2.40. The summed E-state index contributed by atoms with van der Waals surface area (Å²) in [5.41, 5.74) is 6.69. The molecule has 0 unspecified atom stereocenters. The predicted molar refractivity (Wildman–Crippen MR) is 68.0 cm³/mol. The molecule has 0 aliphatic heterocycles. The molecular formula is C13H18N4O2. The molecule has 2 aromatic rings. The highest BCUT2D eigenvalue weighted by Crippen LogP contribution is 2.36. The monoisotopic (exact) mass is 262 g/mol. The molecule has 2 N–H and O–H groups in total. The van der Waals surface area contributed by atoms with Crippen LogP contribution in [0.3, 0.4) is 0 Å². The van der Waals surface area contributed by atoms with E-state index in [4.69, 9.17) is 14.8 Å². The summed E-state index contributed by atoms with van der Waals surface area (Å²) in [4.78, 5) is 4.43. The lowest BCUT2D eigenvalue weighted by molar-refractivity contribution is 0.230. The molecule has 0 spiro atoms. The molecule has 0 amide bonds. The van der Waals surface area contributed by atoms with Gasteiger partial charge in [0.15, 0.2) is 5.82 Å². The number of rotatable bonds is 2. The first-order valence-electron chi connectivity index (χ1n) is 6.63. The van der Waals surface area contributed by atoms with Crippen molar-refractivity contribution in [3.63, 3.8) is 0 Å². The van der Waals surface area contributed by atoms with Gasteiger partial charge in [-0.05, 0) is 38.5 Å². The van der Waals surface area contributed by atoms with Gasteiger partial charge in [0.25, 0.3) is 5.89 Å². The Labute approximate surface area is 111 Å². The molecule has 0 radical (unpaired) electrons. The molecule has 1 saturated carbocycles. The molecule has 2 heterocycles. The van der Waals surface area contributed by atoms with E-state index >= 15 is 0 Å². The van der Waals surface area contributed by atoms with Crippen LogP contribution in [0.15, 0.2) is 15.2 Å². The average molecular weight is 262 g/mol. The zero-order chi connectivity index (χ0) is 13.5. The molecule has 6 heteroatoms. The lowest BCUT2D eigenvalue weighted by Crippen LogP contribution is -2.41. The van der Waals surface area contributed by atoms with Gasteiger partial charge in [0, 0.05) is 0 Å². The lowest BCUT2D eigenvalue weighted by Gasteiger charge is -2.33. The van der Waals surface area contributed by atoms with E-state index in [2.05, 4.69) is 22.2 Å². The van der Waals surface area contributed by atoms with Crippen LogP contribution in [0.5, 0.6) is 0 Å². The Hall–Kier alpha value is -1.69. The highest BCUT2D eigenvalue weighted by molar-refractivity contribution is 5.53. The molecule has 0 bridgehead atoms. The average Bonchev–Trinajstić information content (AvgIpc) is 3.01. The molecule has 1 aliphatic carbocycles. The second-order valence-corrected chi connectivity index (χ2v) is 5.56. The van der Waals surface area contributed by atoms with Crippen molar-refractivity contribution in [1.29, 1.82) is 0 Å². The summed E-state index contributed by atoms with van der Waals surface area (Å²) in [5, 5.41) is 7.77. The Morgan fingerprint density at radius 1 is 1.32 bits per heavy atom. The molecule has 0 saturated heterocycles. The molecule has 1 fully saturated rings. The molecule has 102 valence electrons. The number of nitrogens with zero attached hydrogens (tertiary/aromatic N) is 3. The maximum Gasteiger partial charge on any atom is 0.263 e. The van der Waals surface area contributed by atoms with E-state index in [9.17, 15) is 0 Å². The smallest absolute Gasteiger partial charge is 0.263 e. The van der Waals surface area contributed by atoms with Crippen molar-refractivity contribution < 1.29 is 9.05 Å². The summed E-state index contributed by atoms with van der Waals surface area (Å²) < 4.78 is 10.3. The minimum Gasteiger partial charge on any atom is -0.361 e. The van der Waals surface area contributed by atoms with E-state index in [1.165, 1.54) is 0 Å². The SMILES string of the molecule is Cc1oncc1-c1nc(C2(N)CCC(C)CC2)no1. The number of aromatic nitrogens is 3. The maximum absolute atomic E-state index is 6.42. The fraction of sp³-hybridized carbons (Fsp3) is 0.615. The van der Waals surface area contributed by atoms with Crippen LogP contribution in [-0.4, -0.2) is 15.3 Å². The number of hydrogen-bond donors (Lipinski definition) is 1. The van der Waals surface area contributed by atoms with E-state index < -0.39 is 5.54 Å². The third-order valence-corrected chi connectivity index (χ3v) is 4.02. The largest absolute Gasteiger partial charge is 0.361 e. The zero-order valence-electron chi connectivity index (χ0n) is 11.2. The summed E-state index contributed by atoms with van der Waals surface area (Å²) in [6.07, 6.45) is 5.59. The van der Waals surface area contributed by atoms with Crippen LogP contribution in [0.1, 0.15) is 44.2 Å². The minimum absolute atomic E-state index is 0.428. The highest BCUT2D eigenvalue weighted by Gasteiger charge is 2.36. The van der Waals surface area contributed by atoms with Crippen LogP contribution in [0.4, 0.5) is 0 Å². The Bertz CT molecular complexity index is 567. The van der Waals surface area contributed by atoms with Gasteiger partial charge in [-0.1, -0.05) is 17.2 Å². The molecule has 0 aromatic carbocycles. The van der Waals surface area contributed by atoms with E-state index in [0.717, 1.165) is 37.2 Å². The van der Waals surface area contributed by atoms with Gasteiger partial charge in [-0.25, -0.2) is 0 Å². The molecule has 19 heavy (non-hydrogen) atoms. The molecule has 1 aliphatic rings. The summed E-state index contributed by atoms with van der Waals surface area (Å²) in [6, 6.07) is 0. The highest BCUT2D eigenvalue weighted by atomic mass is 16.5. The second-order valence-electron chi connectivity index (χ2n) is 5.56. The van der Waals surface area contributed by atoms with Gasteiger partial charge in [-0.3, -0.25) is 0 Å². The maximum atomic E-state index is 6.42. The van der Waals surface area contributed by atoms with Crippen LogP contribution in [0.25, 0.3) is 11.5 Å². The minimum atomic E-state index is -0.459. The van der Waals surface area contributed by atoms with Crippen LogP contribution >= 0.6 is 0 Å². The van der Waals surface area contributed by atoms with Gasteiger partial charge in [0.05, 0.1) is 11.7 Å². The Balaban J connectivity index is 1.87. The van der Waals surface area contributed by atoms with E-state index in [1.54, 1.807) is 6.20 Å². The molecule has 6 nitrogen and oxygen atoms in total. The third kappa shape index (κ3) is 2.16. The van der Waals surface area contributed by atoms with Crippen molar-refractivity contribution in [2.24, 2.45) is 11.7 Å². The zero-order valence-corrected chi connectivity index (χ0v) is 11.2. The van der Waals surface area contributed by atoms with Crippen molar-refractivity contribution in [3.8, 4) is 11.5 Å². The van der Waals surface area contributed by atoms with Crippen molar-refractivity contribution in [2.75, 3.05) is 0 Å². The van der Waals surface area contributed by atoms with Crippen molar-refractivity contribution in [1.82, 2.24) is 15.3 Å². The van der Waals surface area contributed by atoms with E-state index in [1.807, 2.05) is 6.92 Å². The van der Waals surface area contributed by atoms with Crippen LogP contribution in [0, 0.1) is 12.8 Å². The van der Waals surface area contributed by atoms with E-state index in [-0.39, 0.29) is 0 Å². The third-order valence-electron chi connectivity index (χ3n) is 4.02. The molecule has 2 aromatic heterocycles. The quantitative estimate of drug-likeness (QED) is 0.893. The number of nitrogens with two attached hydrogens (primary N) is 1. The van der Waals surface area contributed by atoms with Crippen molar-refractivity contribution >= 4 is 0 Å². The summed E-state index contributed by atoms with van der Waals surface area (Å²) in [6.45, 7) is 4.06. The van der Waals surface area contributed by atoms with Gasteiger partial charge in [0.1, 0.15) is 11.3 Å². The number of aryl methyl sites for hydroxylation is 1. The molecular weight excluding hydrogens is 244 g/mol.